The number of carboxylic acids is 1. The number of carbonyl (C=O) groups is 2. The van der Waals surface area contributed by atoms with E-state index in [1.54, 1.807) is 19.1 Å². The van der Waals surface area contributed by atoms with E-state index in [-0.39, 0.29) is 12.0 Å². The number of nitrogens with zero attached hydrogens (tertiary/aromatic N) is 2. The van der Waals surface area contributed by atoms with Gasteiger partial charge >= 0.3 is 5.97 Å². The Hall–Kier alpha value is -2.47. The molecule has 0 radical (unpaired) electrons. The lowest BCUT2D eigenvalue weighted by atomic mass is 10.2. The molecule has 0 bridgehead atoms. The highest BCUT2D eigenvalue weighted by Gasteiger charge is 2.21. The molecule has 22 heavy (non-hydrogen) atoms. The Kier molecular flexibility index (Phi) is 6.98. The third-order valence-corrected chi connectivity index (χ3v) is 3.22. The summed E-state index contributed by atoms with van der Waals surface area (Å²) < 4.78 is 4.83. The van der Waals surface area contributed by atoms with Crippen molar-refractivity contribution < 1.29 is 19.2 Å². The molecule has 1 unspecified atom stereocenters. The molecule has 3 N–H and O–H groups in total. The normalized spacial score (nSPS) is 12.3. The topological polar surface area (TPSA) is 128 Å². The van der Waals surface area contributed by atoms with Crippen LogP contribution in [-0.2, 0) is 9.59 Å². The summed E-state index contributed by atoms with van der Waals surface area (Å²) in [6.45, 7) is 1.70. The zero-order chi connectivity index (χ0) is 16.5. The molecule has 0 aromatic carbocycles. The van der Waals surface area contributed by atoms with Crippen LogP contribution in [0.1, 0.15) is 12.2 Å². The van der Waals surface area contributed by atoms with Crippen molar-refractivity contribution in [3.63, 3.8) is 0 Å². The number of aryl methyl sites for hydroxylation is 1. The van der Waals surface area contributed by atoms with Crippen molar-refractivity contribution in [1.82, 2.24) is 10.5 Å². The van der Waals surface area contributed by atoms with Crippen LogP contribution in [-0.4, -0.2) is 40.2 Å². The molecule has 1 amide bonds. The highest BCUT2D eigenvalue weighted by atomic mass is 32.2. The zero-order valence-electron chi connectivity index (χ0n) is 12.1. The van der Waals surface area contributed by atoms with Gasteiger partial charge in [-0.2, -0.15) is 17.0 Å². The Morgan fingerprint density at radius 2 is 2.36 bits per heavy atom. The first-order valence-corrected chi connectivity index (χ1v) is 7.70. The molecule has 1 heterocycles. The number of thioether (sulfide) groups is 1. The van der Waals surface area contributed by atoms with Crippen LogP contribution in [0.25, 0.3) is 0 Å². The van der Waals surface area contributed by atoms with Gasteiger partial charge in [0, 0.05) is 12.3 Å². The van der Waals surface area contributed by atoms with Crippen LogP contribution in [0.5, 0.6) is 0 Å². The van der Waals surface area contributed by atoms with Gasteiger partial charge in [-0.05, 0) is 25.4 Å². The van der Waals surface area contributed by atoms with Crippen LogP contribution >= 0.6 is 11.8 Å². The van der Waals surface area contributed by atoms with E-state index in [4.69, 9.17) is 14.9 Å². The van der Waals surface area contributed by atoms with Gasteiger partial charge in [-0.3, -0.25) is 4.79 Å². The van der Waals surface area contributed by atoms with E-state index in [1.165, 1.54) is 11.8 Å². The Morgan fingerprint density at radius 1 is 1.64 bits per heavy atom. The third-order valence-electron chi connectivity index (χ3n) is 2.57. The van der Waals surface area contributed by atoms with Crippen LogP contribution in [0.2, 0.25) is 0 Å². The third kappa shape index (κ3) is 5.49. The largest absolute Gasteiger partial charge is 0.480 e. The number of rotatable bonds is 8. The van der Waals surface area contributed by atoms with Crippen molar-refractivity contribution >= 4 is 29.5 Å². The second-order valence-electron chi connectivity index (χ2n) is 4.28. The molecule has 0 spiro atoms. The molecular formula is C13H16N4O4S. The van der Waals surface area contributed by atoms with Gasteiger partial charge in [0.15, 0.2) is 5.82 Å². The maximum atomic E-state index is 11.9. The molecule has 9 heteroatoms. The predicted molar refractivity (Wildman–Crippen MR) is 81.1 cm³/mol. The smallest absolute Gasteiger partial charge is 0.326 e. The quantitative estimate of drug-likeness (QED) is 0.479. The van der Waals surface area contributed by atoms with Crippen molar-refractivity contribution in [3.05, 3.63) is 23.6 Å². The van der Waals surface area contributed by atoms with Gasteiger partial charge in [-0.25, -0.2) is 4.79 Å². The Morgan fingerprint density at radius 3 is 2.86 bits per heavy atom. The van der Waals surface area contributed by atoms with Gasteiger partial charge in [0.2, 0.25) is 0 Å². The van der Waals surface area contributed by atoms with Crippen LogP contribution in [0.3, 0.4) is 0 Å². The maximum absolute atomic E-state index is 11.9. The summed E-state index contributed by atoms with van der Waals surface area (Å²) in [5, 5.41) is 26.6. The van der Waals surface area contributed by atoms with Crippen molar-refractivity contribution in [2.24, 2.45) is 0 Å². The lowest BCUT2D eigenvalue weighted by Crippen LogP contribution is -2.41. The molecule has 1 aromatic heterocycles. The molecule has 0 aliphatic heterocycles. The minimum Gasteiger partial charge on any atom is -0.480 e. The maximum Gasteiger partial charge on any atom is 0.326 e. The number of nitriles is 1. The summed E-state index contributed by atoms with van der Waals surface area (Å²) in [5.41, 5.74) is -0.254. The number of hydrogen-bond donors (Lipinski definition) is 3. The molecule has 0 saturated heterocycles. The average Bonchev–Trinajstić information content (AvgIpc) is 2.89. The molecular weight excluding hydrogens is 308 g/mol. The van der Waals surface area contributed by atoms with Gasteiger partial charge in [0.05, 0.1) is 0 Å². The van der Waals surface area contributed by atoms with Crippen molar-refractivity contribution in [2.45, 2.75) is 19.4 Å². The van der Waals surface area contributed by atoms with E-state index >= 15 is 0 Å². The fourth-order valence-corrected chi connectivity index (χ4v) is 1.93. The van der Waals surface area contributed by atoms with E-state index in [0.717, 1.165) is 6.20 Å². The van der Waals surface area contributed by atoms with Crippen LogP contribution in [0, 0.1) is 18.3 Å². The molecule has 1 aromatic rings. The minimum atomic E-state index is -1.14. The summed E-state index contributed by atoms with van der Waals surface area (Å²) >= 11 is 1.47. The molecule has 1 atom stereocenters. The second-order valence-corrected chi connectivity index (χ2v) is 5.27. The summed E-state index contributed by atoms with van der Waals surface area (Å²) in [6.07, 6.45) is 3.27. The number of aromatic nitrogens is 1. The molecule has 118 valence electrons. The van der Waals surface area contributed by atoms with Crippen molar-refractivity contribution in [1.29, 1.82) is 5.26 Å². The molecule has 8 nitrogen and oxygen atoms in total. The summed E-state index contributed by atoms with van der Waals surface area (Å²) in [7, 11) is 0. The number of carboxylic acid groups (broad SMARTS) is 1. The first-order chi connectivity index (χ1) is 10.5. The van der Waals surface area contributed by atoms with Gasteiger partial charge < -0.3 is 20.3 Å². The van der Waals surface area contributed by atoms with Crippen molar-refractivity contribution in [3.8, 4) is 6.07 Å². The van der Waals surface area contributed by atoms with Gasteiger partial charge in [-0.15, -0.1) is 0 Å². The summed E-state index contributed by atoms with van der Waals surface area (Å²) in [5.74, 6) is -0.403. The van der Waals surface area contributed by atoms with E-state index in [2.05, 4.69) is 15.8 Å². The monoisotopic (exact) mass is 324 g/mol. The summed E-state index contributed by atoms with van der Waals surface area (Å²) in [6, 6.07) is 2.26. The lowest BCUT2D eigenvalue weighted by molar-refractivity contribution is -0.141. The van der Waals surface area contributed by atoms with E-state index in [1.807, 2.05) is 6.26 Å². The highest BCUT2D eigenvalue weighted by Crippen LogP contribution is 2.08. The number of amides is 1. The van der Waals surface area contributed by atoms with Gasteiger partial charge in [0.1, 0.15) is 23.4 Å². The first kappa shape index (κ1) is 17.6. The number of aliphatic carboxylic acids is 1. The van der Waals surface area contributed by atoms with Crippen LogP contribution < -0.4 is 10.6 Å². The molecule has 0 saturated carbocycles. The van der Waals surface area contributed by atoms with E-state index in [9.17, 15) is 9.59 Å². The Labute approximate surface area is 131 Å². The fraction of sp³-hybridized carbons (Fsp3) is 0.385. The van der Waals surface area contributed by atoms with Gasteiger partial charge in [0.25, 0.3) is 5.91 Å². The van der Waals surface area contributed by atoms with Gasteiger partial charge in [-0.1, -0.05) is 5.16 Å². The van der Waals surface area contributed by atoms with Crippen LogP contribution in [0.4, 0.5) is 5.82 Å². The Balaban J connectivity index is 2.70. The average molecular weight is 324 g/mol. The molecule has 1 rings (SSSR count). The molecule has 0 aliphatic rings. The number of hydrogen-bond acceptors (Lipinski definition) is 7. The van der Waals surface area contributed by atoms with Crippen molar-refractivity contribution in [2.75, 3.05) is 17.3 Å². The molecule has 0 fully saturated rings. The lowest BCUT2D eigenvalue weighted by Gasteiger charge is -2.13. The SMILES string of the molecule is CSCCC(NC(=O)/C(C#N)=C\Nc1cc(C)on1)C(=O)O. The highest BCUT2D eigenvalue weighted by molar-refractivity contribution is 7.98. The zero-order valence-corrected chi connectivity index (χ0v) is 12.9. The first-order valence-electron chi connectivity index (χ1n) is 6.30. The standard InChI is InChI=1S/C13H16N4O4S/c1-8-5-11(17-21-8)15-7-9(6-14)12(18)16-10(13(19)20)3-4-22-2/h5,7,10H,3-4H2,1-2H3,(H,15,17)(H,16,18)(H,19,20)/b9-7-. The minimum absolute atomic E-state index is 0.254. The van der Waals surface area contributed by atoms with E-state index in [0.29, 0.717) is 17.3 Å². The predicted octanol–water partition coefficient (Wildman–Crippen LogP) is 1.12. The number of nitrogens with one attached hydrogen (secondary N) is 2. The molecule has 0 aliphatic carbocycles. The Bertz CT molecular complexity index is 605. The van der Waals surface area contributed by atoms with Crippen LogP contribution in [0.15, 0.2) is 22.4 Å². The summed E-state index contributed by atoms with van der Waals surface area (Å²) in [4.78, 5) is 23.0. The van der Waals surface area contributed by atoms with E-state index < -0.39 is 17.9 Å². The second kappa shape index (κ2) is 8.74. The number of carbonyl (C=O) groups excluding carboxylic acids is 1. The fourth-order valence-electron chi connectivity index (χ4n) is 1.46. The number of anilines is 1.